The number of hydrogen-bond acceptors (Lipinski definition) is 5. The van der Waals surface area contributed by atoms with Gasteiger partial charge >= 0.3 is 0 Å². The zero-order valence-electron chi connectivity index (χ0n) is 15.3. The van der Waals surface area contributed by atoms with E-state index in [4.69, 9.17) is 9.73 Å². The second-order valence-electron chi connectivity index (χ2n) is 6.91. The van der Waals surface area contributed by atoms with Gasteiger partial charge in [0, 0.05) is 11.9 Å². The van der Waals surface area contributed by atoms with Crippen molar-refractivity contribution in [1.29, 1.82) is 0 Å². The normalized spacial score (nSPS) is 22.3. The van der Waals surface area contributed by atoms with Crippen molar-refractivity contribution in [2.75, 3.05) is 0 Å². The molecule has 0 aromatic carbocycles. The van der Waals surface area contributed by atoms with Crippen LogP contribution in [-0.4, -0.2) is 22.1 Å². The summed E-state index contributed by atoms with van der Waals surface area (Å²) in [7, 11) is 0. The molecule has 0 fully saturated rings. The zero-order valence-corrected chi connectivity index (χ0v) is 15.3. The van der Waals surface area contributed by atoms with Gasteiger partial charge in [0.05, 0.1) is 44.8 Å². The Balaban J connectivity index is 1.58. The molecule has 0 radical (unpaired) electrons. The van der Waals surface area contributed by atoms with E-state index in [0.717, 1.165) is 50.5 Å². The van der Waals surface area contributed by atoms with Gasteiger partial charge in [0.2, 0.25) is 5.88 Å². The topological polar surface area (TPSA) is 74.1 Å². The van der Waals surface area contributed by atoms with E-state index in [1.165, 1.54) is 0 Å². The van der Waals surface area contributed by atoms with Gasteiger partial charge in [-0.05, 0) is 66.8 Å². The van der Waals surface area contributed by atoms with Crippen molar-refractivity contribution in [2.45, 2.75) is 0 Å². The van der Waals surface area contributed by atoms with Gasteiger partial charge in [-0.1, -0.05) is 0 Å². The average molecular weight is 377 g/mol. The van der Waals surface area contributed by atoms with E-state index in [1.54, 1.807) is 12.5 Å². The molecule has 5 aliphatic rings. The maximum Gasteiger partial charge on any atom is 0.206 e. The fraction of sp³-hybridized carbons (Fsp3) is 0. The van der Waals surface area contributed by atoms with E-state index in [0.29, 0.717) is 5.88 Å². The average Bonchev–Trinajstić information content (AvgIpc) is 3.50. The van der Waals surface area contributed by atoms with Crippen LogP contribution in [-0.2, 0) is 4.74 Å². The van der Waals surface area contributed by atoms with Crippen molar-refractivity contribution in [3.63, 3.8) is 0 Å². The van der Waals surface area contributed by atoms with Gasteiger partial charge < -0.3 is 15.0 Å². The van der Waals surface area contributed by atoms with Crippen molar-refractivity contribution in [3.05, 3.63) is 100 Å². The quantitative estimate of drug-likeness (QED) is 0.727. The Kier molecular flexibility index (Phi) is 3.37. The standard InChI is InChI=1S/C23H15N5O/c1-2-15-10-17-5-6-19(27-17)13-22-21(23-24-7-8-29-23)12-20(28-22)11-18-4-3-16(26-18)9-14(1)25-15/h1-13,24,28H. The highest BCUT2D eigenvalue weighted by molar-refractivity contribution is 6.20. The van der Waals surface area contributed by atoms with E-state index in [-0.39, 0.29) is 0 Å². The molecule has 0 saturated carbocycles. The number of hydrogen-bond donors (Lipinski definition) is 2. The van der Waals surface area contributed by atoms with Crippen LogP contribution >= 0.6 is 0 Å². The highest BCUT2D eigenvalue weighted by atomic mass is 16.5. The van der Waals surface area contributed by atoms with Crippen LogP contribution in [0.25, 0.3) is 18.0 Å². The molecule has 8 bridgehead atoms. The molecule has 5 aliphatic heterocycles. The van der Waals surface area contributed by atoms with Crippen molar-refractivity contribution in [2.24, 2.45) is 15.0 Å². The molecule has 29 heavy (non-hydrogen) atoms. The first-order chi connectivity index (χ1) is 14.3. The first kappa shape index (κ1) is 15.8. The zero-order chi connectivity index (χ0) is 19.2. The van der Waals surface area contributed by atoms with Gasteiger partial charge in [-0.25, -0.2) is 15.0 Å². The summed E-state index contributed by atoms with van der Waals surface area (Å²) in [6, 6.07) is 2.04. The highest BCUT2D eigenvalue weighted by Crippen LogP contribution is 2.18. The number of allylic oxidation sites excluding steroid dienone is 8. The molecule has 6 rings (SSSR count). The third kappa shape index (κ3) is 2.96. The first-order valence-corrected chi connectivity index (χ1v) is 9.27. The van der Waals surface area contributed by atoms with Crippen molar-refractivity contribution >= 4 is 35.2 Å². The van der Waals surface area contributed by atoms with Crippen molar-refractivity contribution in [3.8, 4) is 0 Å². The molecule has 1 aromatic heterocycles. The molecule has 0 atom stereocenters. The molecular formula is C23H15N5O. The second kappa shape index (κ2) is 6.17. The van der Waals surface area contributed by atoms with Crippen LogP contribution in [0.2, 0.25) is 0 Å². The molecule has 0 spiro atoms. The maximum absolute atomic E-state index is 5.59. The lowest BCUT2D eigenvalue weighted by molar-refractivity contribution is 0.434. The third-order valence-electron chi connectivity index (χ3n) is 4.82. The van der Waals surface area contributed by atoms with Crippen LogP contribution in [0.15, 0.2) is 99.2 Å². The summed E-state index contributed by atoms with van der Waals surface area (Å²) in [5.74, 6) is 0.682. The molecule has 6 nitrogen and oxygen atoms in total. The van der Waals surface area contributed by atoms with Crippen LogP contribution in [0.1, 0.15) is 5.69 Å². The molecule has 1 aromatic rings. The summed E-state index contributed by atoms with van der Waals surface area (Å²) in [6.45, 7) is 0. The summed E-state index contributed by atoms with van der Waals surface area (Å²) in [4.78, 5) is 17.5. The number of nitrogens with zero attached hydrogens (tertiary/aromatic N) is 3. The molecule has 2 N–H and O–H groups in total. The minimum absolute atomic E-state index is 0.682. The lowest BCUT2D eigenvalue weighted by Crippen LogP contribution is -2.29. The SMILES string of the molecule is C1=COC(=c2cc3[nH]c2=CC2=NC(=CC4=NC(=CC5=NC(=C3)C=C5)C=C4)C=C2)N1. The predicted molar refractivity (Wildman–Crippen MR) is 115 cm³/mol. The molecule has 0 saturated heterocycles. The van der Waals surface area contributed by atoms with Gasteiger partial charge in [-0.2, -0.15) is 0 Å². The van der Waals surface area contributed by atoms with Gasteiger partial charge in [0.15, 0.2) is 0 Å². The van der Waals surface area contributed by atoms with E-state index in [1.807, 2.05) is 66.8 Å². The van der Waals surface area contributed by atoms with Crippen molar-refractivity contribution in [1.82, 2.24) is 10.3 Å². The molecule has 138 valence electrons. The Morgan fingerprint density at radius 2 is 1.31 bits per heavy atom. The Hall–Kier alpha value is -4.19. The number of rotatable bonds is 0. The number of fused-ring (bicyclic) bond motifs is 5. The van der Waals surface area contributed by atoms with E-state index < -0.39 is 0 Å². The van der Waals surface area contributed by atoms with Gasteiger partial charge in [-0.3, -0.25) is 0 Å². The largest absolute Gasteiger partial charge is 0.446 e. The number of ether oxygens (including phenoxy) is 1. The molecule has 0 unspecified atom stereocenters. The van der Waals surface area contributed by atoms with Gasteiger partial charge in [0.25, 0.3) is 0 Å². The smallest absolute Gasteiger partial charge is 0.206 e. The van der Waals surface area contributed by atoms with E-state index in [2.05, 4.69) is 20.3 Å². The van der Waals surface area contributed by atoms with Crippen LogP contribution in [0.4, 0.5) is 0 Å². The number of aromatic amines is 1. The van der Waals surface area contributed by atoms with Crippen LogP contribution < -0.4 is 15.9 Å². The second-order valence-corrected chi connectivity index (χ2v) is 6.91. The van der Waals surface area contributed by atoms with E-state index in [9.17, 15) is 0 Å². The van der Waals surface area contributed by atoms with Crippen LogP contribution in [0.3, 0.4) is 0 Å². The summed E-state index contributed by atoms with van der Waals surface area (Å²) in [6.07, 6.45) is 23.3. The van der Waals surface area contributed by atoms with Crippen LogP contribution in [0, 0.1) is 0 Å². The lowest BCUT2D eigenvalue weighted by Gasteiger charge is -1.95. The maximum atomic E-state index is 5.59. The first-order valence-electron chi connectivity index (χ1n) is 9.27. The Labute approximate surface area is 166 Å². The van der Waals surface area contributed by atoms with Crippen LogP contribution in [0.5, 0.6) is 0 Å². The summed E-state index contributed by atoms with van der Waals surface area (Å²) in [5, 5.41) is 4.97. The van der Waals surface area contributed by atoms with Gasteiger partial charge in [-0.15, -0.1) is 0 Å². The third-order valence-corrected chi connectivity index (χ3v) is 4.82. The Bertz CT molecular complexity index is 1370. The summed E-state index contributed by atoms with van der Waals surface area (Å²) in [5.41, 5.74) is 6.16. The number of aliphatic imine (C=N–C) groups is 3. The molecule has 6 heteroatoms. The molecular weight excluding hydrogens is 362 g/mol. The Morgan fingerprint density at radius 3 is 1.93 bits per heavy atom. The van der Waals surface area contributed by atoms with Crippen molar-refractivity contribution < 1.29 is 4.74 Å². The minimum Gasteiger partial charge on any atom is -0.446 e. The number of nitrogens with one attached hydrogen (secondary N) is 2. The van der Waals surface area contributed by atoms with E-state index >= 15 is 0 Å². The lowest BCUT2D eigenvalue weighted by atomic mass is 10.2. The fourth-order valence-electron chi connectivity index (χ4n) is 3.53. The highest BCUT2D eigenvalue weighted by Gasteiger charge is 2.11. The minimum atomic E-state index is 0.682. The fourth-order valence-corrected chi connectivity index (χ4v) is 3.53. The summed E-state index contributed by atoms with van der Waals surface area (Å²) < 4.78 is 5.59. The predicted octanol–water partition coefficient (Wildman–Crippen LogP) is 2.11. The molecule has 0 aliphatic carbocycles. The summed E-state index contributed by atoms with van der Waals surface area (Å²) >= 11 is 0. The number of aromatic nitrogens is 1. The molecule has 6 heterocycles. The number of H-pyrrole nitrogens is 1. The van der Waals surface area contributed by atoms with Gasteiger partial charge in [0.1, 0.15) is 6.26 Å². The Morgan fingerprint density at radius 1 is 0.690 bits per heavy atom. The molecule has 0 amide bonds. The monoisotopic (exact) mass is 377 g/mol.